The van der Waals surface area contributed by atoms with Gasteiger partial charge in [-0.15, -0.1) is 0 Å². The van der Waals surface area contributed by atoms with E-state index in [2.05, 4.69) is 5.32 Å². The molecule has 0 aliphatic heterocycles. The minimum Gasteiger partial charge on any atom is -0.359 e. The van der Waals surface area contributed by atoms with E-state index in [0.29, 0.717) is 19.3 Å². The van der Waals surface area contributed by atoms with Crippen molar-refractivity contribution in [1.29, 1.82) is 0 Å². The average Bonchev–Trinajstić information content (AvgIpc) is 2.60. The molecule has 0 heterocycles. The minimum atomic E-state index is -0.441. The summed E-state index contributed by atoms with van der Waals surface area (Å²) < 4.78 is 13.1. The molecule has 1 N–H and O–H groups in total. The number of carbonyl (C=O) groups excluding carboxylic acids is 1. The topological polar surface area (TPSA) is 72.2 Å². The summed E-state index contributed by atoms with van der Waals surface area (Å²) in [5.41, 5.74) is 1.91. The lowest BCUT2D eigenvalue weighted by atomic mass is 9.88. The van der Waals surface area contributed by atoms with Gasteiger partial charge in [0, 0.05) is 25.6 Å². The van der Waals surface area contributed by atoms with Crippen LogP contribution in [0.25, 0.3) is 0 Å². The molecule has 0 radical (unpaired) electrons. The normalized spacial score (nSPS) is 11.8. The van der Waals surface area contributed by atoms with Crippen molar-refractivity contribution in [3.63, 3.8) is 0 Å². The van der Waals surface area contributed by atoms with E-state index in [1.165, 1.54) is 24.3 Å². The quantitative estimate of drug-likeness (QED) is 0.623. The summed E-state index contributed by atoms with van der Waals surface area (Å²) in [5.74, 6) is -0.328. The summed E-state index contributed by atoms with van der Waals surface area (Å²) >= 11 is 0. The largest absolute Gasteiger partial charge is 0.359 e. The monoisotopic (exact) mass is 330 g/mol. The molecule has 0 fully saturated rings. The van der Waals surface area contributed by atoms with Crippen LogP contribution in [0.4, 0.5) is 10.1 Å². The first kappa shape index (κ1) is 17.6. The Bertz CT molecular complexity index is 699. The summed E-state index contributed by atoms with van der Waals surface area (Å²) in [6.07, 6.45) is 1.60. The van der Waals surface area contributed by atoms with Gasteiger partial charge in [-0.25, -0.2) is 4.39 Å². The van der Waals surface area contributed by atoms with E-state index in [4.69, 9.17) is 0 Å². The number of nitro benzene ring substituents is 1. The molecule has 1 atom stereocenters. The van der Waals surface area contributed by atoms with Gasteiger partial charge in [0.05, 0.1) is 4.92 Å². The van der Waals surface area contributed by atoms with Crippen molar-refractivity contribution in [2.75, 3.05) is 7.05 Å². The first-order valence-corrected chi connectivity index (χ1v) is 7.69. The summed E-state index contributed by atoms with van der Waals surface area (Å²) in [6.45, 7) is 0. The van der Waals surface area contributed by atoms with E-state index in [-0.39, 0.29) is 23.3 Å². The van der Waals surface area contributed by atoms with Crippen LogP contribution in [0.2, 0.25) is 0 Å². The number of amides is 1. The number of nitro groups is 1. The third-order valence-electron chi connectivity index (χ3n) is 3.97. The predicted octanol–water partition coefficient (Wildman–Crippen LogP) is 3.59. The van der Waals surface area contributed by atoms with Crippen molar-refractivity contribution in [3.8, 4) is 0 Å². The van der Waals surface area contributed by atoms with Crippen LogP contribution in [0, 0.1) is 15.9 Å². The Kier molecular flexibility index (Phi) is 6.01. The smallest absolute Gasteiger partial charge is 0.269 e. The fourth-order valence-electron chi connectivity index (χ4n) is 2.59. The van der Waals surface area contributed by atoms with Crippen LogP contribution in [-0.4, -0.2) is 17.9 Å². The summed E-state index contributed by atoms with van der Waals surface area (Å²) in [6, 6.07) is 12.6. The molecule has 2 rings (SSSR count). The Morgan fingerprint density at radius 2 is 1.79 bits per heavy atom. The molecule has 0 aliphatic rings. The SMILES string of the molecule is CNC(=O)CCC(Cc1ccc(F)cc1)c1ccc([N+](=O)[O-])cc1. The van der Waals surface area contributed by atoms with Gasteiger partial charge in [0.25, 0.3) is 5.69 Å². The molecule has 0 spiro atoms. The molecular weight excluding hydrogens is 311 g/mol. The number of non-ortho nitro benzene ring substituents is 1. The molecule has 0 saturated heterocycles. The maximum atomic E-state index is 13.1. The van der Waals surface area contributed by atoms with Crippen LogP contribution < -0.4 is 5.32 Å². The highest BCUT2D eigenvalue weighted by molar-refractivity contribution is 5.75. The number of rotatable bonds is 7. The third kappa shape index (κ3) is 4.87. The van der Waals surface area contributed by atoms with Gasteiger partial charge in [0.2, 0.25) is 5.91 Å². The van der Waals surface area contributed by atoms with Gasteiger partial charge in [0.1, 0.15) is 5.82 Å². The summed E-state index contributed by atoms with van der Waals surface area (Å²) in [5, 5.41) is 13.4. The highest BCUT2D eigenvalue weighted by atomic mass is 19.1. The predicted molar refractivity (Wildman–Crippen MR) is 89.2 cm³/mol. The van der Waals surface area contributed by atoms with Gasteiger partial charge >= 0.3 is 0 Å². The van der Waals surface area contributed by atoms with Crippen molar-refractivity contribution in [2.24, 2.45) is 0 Å². The van der Waals surface area contributed by atoms with Crippen LogP contribution in [0.5, 0.6) is 0 Å². The maximum Gasteiger partial charge on any atom is 0.269 e. The zero-order valence-corrected chi connectivity index (χ0v) is 13.4. The van der Waals surface area contributed by atoms with Crippen molar-refractivity contribution in [2.45, 2.75) is 25.2 Å². The van der Waals surface area contributed by atoms with Gasteiger partial charge in [-0.05, 0) is 42.0 Å². The fraction of sp³-hybridized carbons (Fsp3) is 0.278. The van der Waals surface area contributed by atoms with Gasteiger partial charge in [-0.3, -0.25) is 14.9 Å². The number of nitrogens with one attached hydrogen (secondary N) is 1. The van der Waals surface area contributed by atoms with E-state index < -0.39 is 4.92 Å². The molecular formula is C18H19FN2O3. The first-order valence-electron chi connectivity index (χ1n) is 7.69. The van der Waals surface area contributed by atoms with Crippen molar-refractivity contribution < 1.29 is 14.1 Å². The fourth-order valence-corrected chi connectivity index (χ4v) is 2.59. The maximum absolute atomic E-state index is 13.1. The van der Waals surface area contributed by atoms with E-state index in [9.17, 15) is 19.3 Å². The molecule has 0 aromatic heterocycles. The lowest BCUT2D eigenvalue weighted by Crippen LogP contribution is -2.18. The minimum absolute atomic E-state index is 0.0218. The lowest BCUT2D eigenvalue weighted by Gasteiger charge is -2.17. The van der Waals surface area contributed by atoms with Crippen molar-refractivity contribution in [1.82, 2.24) is 5.32 Å². The van der Waals surface area contributed by atoms with E-state index in [1.54, 1.807) is 31.3 Å². The van der Waals surface area contributed by atoms with E-state index >= 15 is 0 Å². The van der Waals surface area contributed by atoms with Crippen LogP contribution in [0.15, 0.2) is 48.5 Å². The van der Waals surface area contributed by atoms with E-state index in [0.717, 1.165) is 11.1 Å². The number of carbonyl (C=O) groups is 1. The lowest BCUT2D eigenvalue weighted by molar-refractivity contribution is -0.384. The number of halogens is 1. The Morgan fingerprint density at radius 1 is 1.17 bits per heavy atom. The molecule has 2 aromatic rings. The van der Waals surface area contributed by atoms with Crippen LogP contribution >= 0.6 is 0 Å². The van der Waals surface area contributed by atoms with E-state index in [1.807, 2.05) is 0 Å². The summed E-state index contributed by atoms with van der Waals surface area (Å²) in [7, 11) is 1.59. The molecule has 0 saturated carbocycles. The third-order valence-corrected chi connectivity index (χ3v) is 3.97. The second-order valence-corrected chi connectivity index (χ2v) is 5.59. The molecule has 5 nitrogen and oxygen atoms in total. The Balaban J connectivity index is 2.19. The molecule has 1 amide bonds. The van der Waals surface area contributed by atoms with Gasteiger partial charge in [-0.2, -0.15) is 0 Å². The number of hydrogen-bond acceptors (Lipinski definition) is 3. The van der Waals surface area contributed by atoms with Crippen molar-refractivity contribution in [3.05, 3.63) is 75.6 Å². The van der Waals surface area contributed by atoms with Gasteiger partial charge in [0.15, 0.2) is 0 Å². The molecule has 1 unspecified atom stereocenters. The van der Waals surface area contributed by atoms with Crippen LogP contribution in [0.3, 0.4) is 0 Å². The van der Waals surface area contributed by atoms with Crippen LogP contribution in [-0.2, 0) is 11.2 Å². The number of hydrogen-bond donors (Lipinski definition) is 1. The van der Waals surface area contributed by atoms with Crippen molar-refractivity contribution >= 4 is 11.6 Å². The Morgan fingerprint density at radius 3 is 2.33 bits per heavy atom. The second kappa shape index (κ2) is 8.19. The molecule has 2 aromatic carbocycles. The highest BCUT2D eigenvalue weighted by Crippen LogP contribution is 2.27. The van der Waals surface area contributed by atoms with Gasteiger partial charge in [-0.1, -0.05) is 24.3 Å². The Hall–Kier alpha value is -2.76. The molecule has 24 heavy (non-hydrogen) atoms. The van der Waals surface area contributed by atoms with Crippen LogP contribution in [0.1, 0.15) is 29.9 Å². The Labute approximate surface area is 139 Å². The molecule has 6 heteroatoms. The standard InChI is InChI=1S/C18H19FN2O3/c1-20-18(22)11-6-15(12-13-2-7-16(19)8-3-13)14-4-9-17(10-5-14)21(23)24/h2-5,7-10,15H,6,11-12H2,1H3,(H,20,22). The molecule has 126 valence electrons. The number of benzene rings is 2. The molecule has 0 aliphatic carbocycles. The zero-order valence-electron chi connectivity index (χ0n) is 13.4. The average molecular weight is 330 g/mol. The zero-order chi connectivity index (χ0) is 17.5. The second-order valence-electron chi connectivity index (χ2n) is 5.59. The summed E-state index contributed by atoms with van der Waals surface area (Å²) in [4.78, 5) is 21.9. The first-order chi connectivity index (χ1) is 11.5. The van der Waals surface area contributed by atoms with Gasteiger partial charge < -0.3 is 5.32 Å². The number of nitrogens with zero attached hydrogens (tertiary/aromatic N) is 1. The molecule has 0 bridgehead atoms. The highest BCUT2D eigenvalue weighted by Gasteiger charge is 2.16.